The van der Waals surface area contributed by atoms with Gasteiger partial charge in [0.2, 0.25) is 0 Å². The summed E-state index contributed by atoms with van der Waals surface area (Å²) in [6, 6.07) is 0. The Morgan fingerprint density at radius 2 is 1.83 bits per heavy atom. The molecule has 1 saturated heterocycles. The van der Waals surface area contributed by atoms with Crippen LogP contribution in [0.5, 0.6) is 0 Å². The van der Waals surface area contributed by atoms with Gasteiger partial charge in [-0.1, -0.05) is 9.05 Å². The van der Waals surface area contributed by atoms with Crippen LogP contribution in [0.25, 0.3) is 0 Å². The molecule has 1 heterocycles. The Kier molecular flexibility index (Phi) is 3.30. The van der Waals surface area contributed by atoms with Crippen molar-refractivity contribution < 1.29 is 13.6 Å². The second-order valence-electron chi connectivity index (χ2n) is 0.600. The van der Waals surface area contributed by atoms with E-state index in [1.807, 2.05) is 0 Å². The summed E-state index contributed by atoms with van der Waals surface area (Å²) in [4.78, 5) is 0. The fraction of sp³-hybridized carbons (Fsp3) is 1.00. The van der Waals surface area contributed by atoms with Crippen molar-refractivity contribution in [2.75, 3.05) is 6.79 Å². The molecule has 0 N–H and O–H groups in total. The van der Waals surface area contributed by atoms with Crippen molar-refractivity contribution in [3.05, 3.63) is 0 Å². The van der Waals surface area contributed by atoms with Crippen LogP contribution >= 0.6 is 8.25 Å². The largest absolute Gasteiger partial charge is 0.702 e. The molecule has 6 heavy (non-hydrogen) atoms. The molecule has 0 aromatic rings. The second kappa shape index (κ2) is 2.91. The topological polar surface area (TPSA) is 35.5 Å². The van der Waals surface area contributed by atoms with Gasteiger partial charge in [0.1, 0.15) is 0 Å². The molecule has 5 heteroatoms. The standard InChI is InChI=1S/CH2O3P.Sn/c2-5-3-1-4-5;/h1H2;/q+1;. The van der Waals surface area contributed by atoms with E-state index in [9.17, 15) is 4.57 Å². The fourth-order valence-electron chi connectivity index (χ4n) is 0.0957. The van der Waals surface area contributed by atoms with Gasteiger partial charge in [0.25, 0.3) is 6.79 Å². The first-order valence-electron chi connectivity index (χ1n) is 1.13. The molecule has 0 aromatic heterocycles. The van der Waals surface area contributed by atoms with E-state index in [1.54, 1.807) is 0 Å². The van der Waals surface area contributed by atoms with Gasteiger partial charge in [-0.05, 0) is 0 Å². The SMILES string of the molecule is O=[P+]1OCO1.[Sn]. The van der Waals surface area contributed by atoms with E-state index >= 15 is 0 Å². The van der Waals surface area contributed by atoms with Crippen LogP contribution in [0.4, 0.5) is 0 Å². The van der Waals surface area contributed by atoms with E-state index in [-0.39, 0.29) is 30.7 Å². The Hall–Kier alpha value is 0.819. The summed E-state index contributed by atoms with van der Waals surface area (Å²) >= 11 is 0. The van der Waals surface area contributed by atoms with Crippen LogP contribution in [0, 0.1) is 0 Å². The van der Waals surface area contributed by atoms with Crippen LogP contribution in [0.15, 0.2) is 0 Å². The van der Waals surface area contributed by atoms with Gasteiger partial charge >= 0.3 is 8.25 Å². The van der Waals surface area contributed by atoms with Crippen molar-refractivity contribution in [3.63, 3.8) is 0 Å². The predicted molar refractivity (Wildman–Crippen MR) is 20.4 cm³/mol. The molecule has 0 atom stereocenters. The Morgan fingerprint density at radius 1 is 1.50 bits per heavy atom. The first-order chi connectivity index (χ1) is 2.39. The third-order valence-electron chi connectivity index (χ3n) is 0.316. The molecule has 0 spiro atoms. The fourth-order valence-corrected chi connectivity index (χ4v) is 0.287. The van der Waals surface area contributed by atoms with Gasteiger partial charge in [-0.15, -0.1) is 0 Å². The summed E-state index contributed by atoms with van der Waals surface area (Å²) in [5.41, 5.74) is 0. The maximum absolute atomic E-state index is 9.60. The third kappa shape index (κ3) is 1.51. The minimum Gasteiger partial charge on any atom is -0.0850 e. The van der Waals surface area contributed by atoms with Crippen molar-refractivity contribution in [1.82, 2.24) is 0 Å². The zero-order valence-electron chi connectivity index (χ0n) is 2.88. The molecule has 1 rings (SSSR count). The van der Waals surface area contributed by atoms with Gasteiger partial charge in [0, 0.05) is 28.5 Å². The summed E-state index contributed by atoms with van der Waals surface area (Å²) in [7, 11) is -1.67. The molecule has 0 amide bonds. The van der Waals surface area contributed by atoms with E-state index in [0.29, 0.717) is 0 Å². The molecule has 32 valence electrons. The Morgan fingerprint density at radius 3 is 1.83 bits per heavy atom. The number of rotatable bonds is 0. The molecule has 1 aliphatic rings. The zero-order valence-corrected chi connectivity index (χ0v) is 6.63. The first-order valence-corrected chi connectivity index (χ1v) is 2.22. The minimum atomic E-state index is -1.67. The number of hydrogen-bond acceptors (Lipinski definition) is 3. The van der Waals surface area contributed by atoms with Gasteiger partial charge in [0.15, 0.2) is 0 Å². The van der Waals surface area contributed by atoms with Gasteiger partial charge in [-0.25, -0.2) is 0 Å². The summed E-state index contributed by atoms with van der Waals surface area (Å²) < 4.78 is 18.0. The van der Waals surface area contributed by atoms with Crippen LogP contribution in [-0.4, -0.2) is 30.7 Å². The van der Waals surface area contributed by atoms with Crippen molar-refractivity contribution in [1.29, 1.82) is 0 Å². The van der Waals surface area contributed by atoms with Gasteiger partial charge < -0.3 is 0 Å². The Balaban J connectivity index is 0.000000250. The van der Waals surface area contributed by atoms with Gasteiger partial charge in [-0.2, -0.15) is 0 Å². The Bertz CT molecular complexity index is 57.8. The quantitative estimate of drug-likeness (QED) is 0.426. The second-order valence-corrected chi connectivity index (χ2v) is 1.56. The van der Waals surface area contributed by atoms with Crippen molar-refractivity contribution >= 4 is 32.2 Å². The van der Waals surface area contributed by atoms with E-state index in [4.69, 9.17) is 0 Å². The van der Waals surface area contributed by atoms with Crippen molar-refractivity contribution in [2.24, 2.45) is 0 Å². The smallest absolute Gasteiger partial charge is 0.0850 e. The van der Waals surface area contributed by atoms with Crippen LogP contribution in [0.2, 0.25) is 0 Å². The van der Waals surface area contributed by atoms with Crippen LogP contribution in [-0.2, 0) is 13.6 Å². The summed E-state index contributed by atoms with van der Waals surface area (Å²) in [5, 5.41) is 0. The summed E-state index contributed by atoms with van der Waals surface area (Å²) in [6.45, 7) is 0.204. The molecule has 0 aliphatic carbocycles. The molecule has 0 aromatic carbocycles. The van der Waals surface area contributed by atoms with Crippen molar-refractivity contribution in [3.8, 4) is 0 Å². The average Bonchev–Trinajstić information content (AvgIpc) is 1.30. The average molecular weight is 212 g/mol. The normalized spacial score (nSPS) is 18.3. The molecule has 0 bridgehead atoms. The molecule has 1 fully saturated rings. The molecular weight excluding hydrogens is 210 g/mol. The number of hydrogen-bond donors (Lipinski definition) is 0. The van der Waals surface area contributed by atoms with E-state index < -0.39 is 8.25 Å². The van der Waals surface area contributed by atoms with Gasteiger partial charge in [0.05, 0.1) is 0 Å². The molecule has 4 radical (unpaired) electrons. The first kappa shape index (κ1) is 6.82. The monoisotopic (exact) mass is 213 g/mol. The predicted octanol–water partition coefficient (Wildman–Crippen LogP) is 0.267. The minimum absolute atomic E-state index is 0. The van der Waals surface area contributed by atoms with Crippen molar-refractivity contribution in [2.45, 2.75) is 0 Å². The molecule has 0 unspecified atom stereocenters. The van der Waals surface area contributed by atoms with Crippen LogP contribution < -0.4 is 0 Å². The van der Waals surface area contributed by atoms with Crippen LogP contribution in [0.3, 0.4) is 0 Å². The van der Waals surface area contributed by atoms with E-state index in [2.05, 4.69) is 9.05 Å². The summed E-state index contributed by atoms with van der Waals surface area (Å²) in [6.07, 6.45) is 0. The third-order valence-corrected chi connectivity index (χ3v) is 0.949. The maximum Gasteiger partial charge on any atom is 0.702 e. The maximum atomic E-state index is 9.60. The van der Waals surface area contributed by atoms with Gasteiger partial charge in [-0.3, -0.25) is 0 Å². The molecule has 1 aliphatic heterocycles. The molecule has 3 nitrogen and oxygen atoms in total. The van der Waals surface area contributed by atoms with E-state index in [1.165, 1.54) is 0 Å². The molecule has 0 saturated carbocycles. The summed E-state index contributed by atoms with van der Waals surface area (Å²) in [5.74, 6) is 0. The molecular formula is CH2O3PSn+. The van der Waals surface area contributed by atoms with Crippen LogP contribution in [0.1, 0.15) is 0 Å². The van der Waals surface area contributed by atoms with E-state index in [0.717, 1.165) is 0 Å². The Labute approximate surface area is 52.9 Å². The zero-order chi connectivity index (χ0) is 3.70.